The molecule has 0 atom stereocenters. The van der Waals surface area contributed by atoms with Gasteiger partial charge in [-0.2, -0.15) is 0 Å². The number of nitrogens with zero attached hydrogens (tertiary/aromatic N) is 1. The minimum absolute atomic E-state index is 0.0323. The summed E-state index contributed by atoms with van der Waals surface area (Å²) in [7, 11) is 4.12. The molecule has 12 heteroatoms. The minimum Gasteiger partial charge on any atom is -0.473 e. The van der Waals surface area contributed by atoms with Crippen LogP contribution in [-0.2, 0) is 24.0 Å². The van der Waals surface area contributed by atoms with Gasteiger partial charge in [0, 0.05) is 5.69 Å². The molecule has 0 aliphatic carbocycles. The second-order valence-corrected chi connectivity index (χ2v) is 8.22. The standard InChI is InChI=1S/C19H33N3O.2C2H2O4/c1-14(2)16-9-7-10-17(15(3)4)19(16)21-18(23)13-20-11-8-12-22(5)6;2*3-1(4)2(5)6/h7,9-10,14-15,20H,8,11-13H2,1-6H3,(H,21,23);2*(H,3,4)(H,5,6). The van der Waals surface area contributed by atoms with Crippen molar-refractivity contribution in [1.82, 2.24) is 10.2 Å². The van der Waals surface area contributed by atoms with Crippen molar-refractivity contribution in [2.75, 3.05) is 39.0 Å². The van der Waals surface area contributed by atoms with Crippen LogP contribution < -0.4 is 10.6 Å². The highest BCUT2D eigenvalue weighted by Crippen LogP contribution is 2.32. The molecule has 0 aliphatic heterocycles. The first-order valence-corrected chi connectivity index (χ1v) is 10.8. The van der Waals surface area contributed by atoms with Gasteiger partial charge in [-0.15, -0.1) is 0 Å². The molecule has 6 N–H and O–H groups in total. The van der Waals surface area contributed by atoms with Crippen molar-refractivity contribution in [3.05, 3.63) is 29.3 Å². The van der Waals surface area contributed by atoms with Gasteiger partial charge < -0.3 is 36.0 Å². The molecule has 0 fully saturated rings. The molecule has 12 nitrogen and oxygen atoms in total. The van der Waals surface area contributed by atoms with Crippen molar-refractivity contribution in [2.45, 2.75) is 46.0 Å². The molecule has 1 aromatic carbocycles. The number of rotatable bonds is 9. The highest BCUT2D eigenvalue weighted by Gasteiger charge is 2.15. The lowest BCUT2D eigenvalue weighted by Crippen LogP contribution is -2.30. The molecule has 0 bridgehead atoms. The first-order valence-electron chi connectivity index (χ1n) is 10.8. The van der Waals surface area contributed by atoms with E-state index in [0.717, 1.165) is 25.2 Å². The first kappa shape index (κ1) is 33.7. The van der Waals surface area contributed by atoms with Crippen LogP contribution in [0.3, 0.4) is 0 Å². The number of carboxylic acid groups (broad SMARTS) is 4. The number of nitrogens with one attached hydrogen (secondary N) is 2. The summed E-state index contributed by atoms with van der Waals surface area (Å²) in [5, 5.41) is 35.9. The zero-order chi connectivity index (χ0) is 27.7. The van der Waals surface area contributed by atoms with E-state index in [4.69, 9.17) is 39.6 Å². The van der Waals surface area contributed by atoms with Crippen LogP contribution in [0.1, 0.15) is 57.1 Å². The summed E-state index contributed by atoms with van der Waals surface area (Å²) >= 11 is 0. The van der Waals surface area contributed by atoms with E-state index in [-0.39, 0.29) is 5.91 Å². The molecule has 198 valence electrons. The number of amides is 1. The second kappa shape index (κ2) is 17.9. The van der Waals surface area contributed by atoms with Crippen LogP contribution >= 0.6 is 0 Å². The van der Waals surface area contributed by atoms with Gasteiger partial charge in [0.2, 0.25) is 5.91 Å². The van der Waals surface area contributed by atoms with Crippen molar-refractivity contribution >= 4 is 35.5 Å². The Morgan fingerprint density at radius 2 is 1.20 bits per heavy atom. The van der Waals surface area contributed by atoms with E-state index in [2.05, 4.69) is 75.5 Å². The Labute approximate surface area is 204 Å². The summed E-state index contributed by atoms with van der Waals surface area (Å²) in [6.07, 6.45) is 1.04. The topological polar surface area (TPSA) is 194 Å². The predicted molar refractivity (Wildman–Crippen MR) is 130 cm³/mol. The van der Waals surface area contributed by atoms with Crippen molar-refractivity contribution in [2.24, 2.45) is 0 Å². The molecule has 1 rings (SSSR count). The summed E-state index contributed by atoms with van der Waals surface area (Å²) in [4.78, 5) is 50.8. The van der Waals surface area contributed by atoms with Gasteiger partial charge in [0.25, 0.3) is 0 Å². The molecule has 0 radical (unpaired) electrons. The number of carboxylic acids is 4. The lowest BCUT2D eigenvalue weighted by molar-refractivity contribution is -0.159. The minimum atomic E-state index is -1.82. The zero-order valence-corrected chi connectivity index (χ0v) is 21.0. The molecule has 0 aromatic heterocycles. The maximum absolute atomic E-state index is 12.3. The number of anilines is 1. The van der Waals surface area contributed by atoms with Gasteiger partial charge in [0.1, 0.15) is 0 Å². The van der Waals surface area contributed by atoms with E-state index in [1.165, 1.54) is 11.1 Å². The Morgan fingerprint density at radius 3 is 1.51 bits per heavy atom. The third-order valence-electron chi connectivity index (χ3n) is 4.25. The maximum Gasteiger partial charge on any atom is 0.414 e. The fourth-order valence-corrected chi connectivity index (χ4v) is 2.60. The molecular weight excluding hydrogens is 462 g/mol. The molecule has 1 aromatic rings. The maximum atomic E-state index is 12.3. The van der Waals surface area contributed by atoms with Crippen molar-refractivity contribution in [3.63, 3.8) is 0 Å². The normalized spacial score (nSPS) is 10.1. The Kier molecular flexibility index (Phi) is 17.2. The predicted octanol–water partition coefficient (Wildman–Crippen LogP) is 1.72. The number of para-hydroxylation sites is 1. The average molecular weight is 500 g/mol. The molecule has 0 saturated heterocycles. The number of carbonyl (C=O) groups is 5. The van der Waals surface area contributed by atoms with E-state index >= 15 is 0 Å². The number of benzene rings is 1. The quantitative estimate of drug-likeness (QED) is 0.214. The monoisotopic (exact) mass is 499 g/mol. The summed E-state index contributed by atoms with van der Waals surface area (Å²) in [5.74, 6) is -6.49. The van der Waals surface area contributed by atoms with Gasteiger partial charge in [-0.25, -0.2) is 19.2 Å². The fraction of sp³-hybridized carbons (Fsp3) is 0.522. The molecule has 0 spiro atoms. The third-order valence-corrected chi connectivity index (χ3v) is 4.25. The van der Waals surface area contributed by atoms with Crippen molar-refractivity contribution in [3.8, 4) is 0 Å². The largest absolute Gasteiger partial charge is 0.473 e. The van der Waals surface area contributed by atoms with Crippen LogP contribution in [0.4, 0.5) is 5.69 Å². The van der Waals surface area contributed by atoms with Gasteiger partial charge in [0.15, 0.2) is 0 Å². The summed E-state index contributed by atoms with van der Waals surface area (Å²) in [6, 6.07) is 6.30. The molecule has 35 heavy (non-hydrogen) atoms. The van der Waals surface area contributed by atoms with Crippen LogP contribution in [0.2, 0.25) is 0 Å². The van der Waals surface area contributed by atoms with Gasteiger partial charge in [0.05, 0.1) is 6.54 Å². The number of hydrogen-bond donors (Lipinski definition) is 6. The van der Waals surface area contributed by atoms with Crippen LogP contribution in [-0.4, -0.2) is 88.8 Å². The summed E-state index contributed by atoms with van der Waals surface area (Å²) < 4.78 is 0. The molecule has 0 unspecified atom stereocenters. The smallest absolute Gasteiger partial charge is 0.414 e. The number of aliphatic carboxylic acids is 4. The molecule has 1 amide bonds. The molecule has 0 aliphatic rings. The van der Waals surface area contributed by atoms with Crippen LogP contribution in [0.5, 0.6) is 0 Å². The zero-order valence-electron chi connectivity index (χ0n) is 21.0. The van der Waals surface area contributed by atoms with Crippen LogP contribution in [0.15, 0.2) is 18.2 Å². The van der Waals surface area contributed by atoms with Crippen LogP contribution in [0.25, 0.3) is 0 Å². The Balaban J connectivity index is 0. The van der Waals surface area contributed by atoms with Crippen LogP contribution in [0, 0.1) is 0 Å². The number of carbonyl (C=O) groups excluding carboxylic acids is 1. The van der Waals surface area contributed by atoms with Crippen molar-refractivity contribution in [1.29, 1.82) is 0 Å². The van der Waals surface area contributed by atoms with E-state index in [9.17, 15) is 4.79 Å². The van der Waals surface area contributed by atoms with Gasteiger partial charge in [-0.3, -0.25) is 4.79 Å². The Morgan fingerprint density at radius 1 is 0.800 bits per heavy atom. The lowest BCUT2D eigenvalue weighted by atomic mass is 9.92. The number of hydrogen-bond acceptors (Lipinski definition) is 7. The molecule has 0 saturated carbocycles. The highest BCUT2D eigenvalue weighted by atomic mass is 16.4. The lowest BCUT2D eigenvalue weighted by Gasteiger charge is -2.20. The molecule has 0 heterocycles. The average Bonchev–Trinajstić information content (AvgIpc) is 2.73. The van der Waals surface area contributed by atoms with E-state index < -0.39 is 23.9 Å². The molecular formula is C23H37N3O9. The Bertz CT molecular complexity index is 778. The SMILES string of the molecule is CC(C)c1cccc(C(C)C)c1NC(=O)CNCCCN(C)C.O=C(O)C(=O)O.O=C(O)C(=O)O. The summed E-state index contributed by atoms with van der Waals surface area (Å²) in [6.45, 7) is 10.9. The summed E-state index contributed by atoms with van der Waals surface area (Å²) in [5.41, 5.74) is 3.41. The van der Waals surface area contributed by atoms with Gasteiger partial charge in [-0.05, 0) is 56.6 Å². The van der Waals surface area contributed by atoms with Gasteiger partial charge >= 0.3 is 23.9 Å². The highest BCUT2D eigenvalue weighted by molar-refractivity contribution is 6.27. The van der Waals surface area contributed by atoms with E-state index in [1.54, 1.807) is 0 Å². The van der Waals surface area contributed by atoms with E-state index in [0.29, 0.717) is 18.4 Å². The van der Waals surface area contributed by atoms with Crippen molar-refractivity contribution < 1.29 is 44.4 Å². The van der Waals surface area contributed by atoms with E-state index in [1.807, 2.05) is 0 Å². The second-order valence-electron chi connectivity index (χ2n) is 8.22. The first-order chi connectivity index (χ1) is 16.1. The van der Waals surface area contributed by atoms with Gasteiger partial charge in [-0.1, -0.05) is 45.9 Å². The third kappa shape index (κ3) is 16.7. The Hall–Kier alpha value is -3.51. The fourth-order valence-electron chi connectivity index (χ4n) is 2.60.